The molecule has 3 N–H and O–H groups in total. The van der Waals surface area contributed by atoms with E-state index in [0.29, 0.717) is 15.6 Å². The minimum absolute atomic E-state index is 0.251. The van der Waals surface area contributed by atoms with E-state index < -0.39 is 0 Å². The average Bonchev–Trinajstić information content (AvgIpc) is 2.33. The standard InChI is InChI=1S/C13H9BrCl2N2S/c14-8-6-7(4-5-9(8)15)18-11-3-1-2-10(16)12(11)13(17)19/h1-6,18H,(H2,17,19). The maximum Gasteiger partial charge on any atom is 0.107 e. The third kappa shape index (κ3) is 3.39. The molecule has 2 nitrogen and oxygen atoms in total. The second-order valence-electron chi connectivity index (χ2n) is 3.78. The Kier molecular flexibility index (Phi) is 4.68. The van der Waals surface area contributed by atoms with Crippen molar-refractivity contribution < 1.29 is 0 Å². The number of rotatable bonds is 3. The first kappa shape index (κ1) is 14.6. The zero-order valence-electron chi connectivity index (χ0n) is 9.58. The lowest BCUT2D eigenvalue weighted by molar-refractivity contribution is 1.51. The molecule has 0 heterocycles. The summed E-state index contributed by atoms with van der Waals surface area (Å²) in [4.78, 5) is 0.251. The average molecular weight is 376 g/mol. The zero-order valence-corrected chi connectivity index (χ0v) is 13.5. The lowest BCUT2D eigenvalue weighted by Gasteiger charge is -2.13. The molecule has 0 aliphatic rings. The van der Waals surface area contributed by atoms with Crippen molar-refractivity contribution in [3.8, 4) is 0 Å². The molecule has 2 aromatic rings. The third-order valence-corrected chi connectivity index (χ3v) is 4.19. The SMILES string of the molecule is NC(=S)c1c(Cl)cccc1Nc1ccc(Cl)c(Br)c1. The van der Waals surface area contributed by atoms with Gasteiger partial charge in [-0.05, 0) is 46.3 Å². The molecule has 0 fully saturated rings. The molecule has 98 valence electrons. The lowest BCUT2D eigenvalue weighted by atomic mass is 10.1. The normalized spacial score (nSPS) is 10.3. The van der Waals surface area contributed by atoms with Crippen LogP contribution in [0.4, 0.5) is 11.4 Å². The van der Waals surface area contributed by atoms with Crippen molar-refractivity contribution in [1.82, 2.24) is 0 Å². The van der Waals surface area contributed by atoms with E-state index in [1.807, 2.05) is 24.3 Å². The minimum atomic E-state index is 0.251. The molecule has 0 spiro atoms. The van der Waals surface area contributed by atoms with Gasteiger partial charge in [0.15, 0.2) is 0 Å². The van der Waals surface area contributed by atoms with Crippen LogP contribution in [0.2, 0.25) is 10.0 Å². The van der Waals surface area contributed by atoms with Crippen LogP contribution < -0.4 is 11.1 Å². The van der Waals surface area contributed by atoms with Crippen molar-refractivity contribution in [3.05, 3.63) is 56.5 Å². The number of nitrogens with two attached hydrogens (primary N) is 1. The number of halogens is 3. The Hall–Kier alpha value is -0.810. The molecule has 0 bridgehead atoms. The first-order valence-electron chi connectivity index (χ1n) is 5.29. The molecule has 0 saturated heterocycles. The minimum Gasteiger partial charge on any atom is -0.389 e. The summed E-state index contributed by atoms with van der Waals surface area (Å²) >= 11 is 20.5. The van der Waals surface area contributed by atoms with Crippen LogP contribution in [-0.4, -0.2) is 4.99 Å². The van der Waals surface area contributed by atoms with Gasteiger partial charge in [-0.15, -0.1) is 0 Å². The summed E-state index contributed by atoms with van der Waals surface area (Å²) < 4.78 is 0.804. The van der Waals surface area contributed by atoms with Crippen molar-refractivity contribution >= 4 is 67.7 Å². The highest BCUT2D eigenvalue weighted by molar-refractivity contribution is 9.10. The largest absolute Gasteiger partial charge is 0.389 e. The van der Waals surface area contributed by atoms with Crippen LogP contribution in [0.5, 0.6) is 0 Å². The van der Waals surface area contributed by atoms with Crippen LogP contribution >= 0.6 is 51.3 Å². The van der Waals surface area contributed by atoms with Crippen LogP contribution in [0, 0.1) is 0 Å². The van der Waals surface area contributed by atoms with Gasteiger partial charge < -0.3 is 11.1 Å². The predicted molar refractivity (Wildman–Crippen MR) is 89.8 cm³/mol. The Morgan fingerprint density at radius 2 is 1.89 bits per heavy atom. The van der Waals surface area contributed by atoms with Gasteiger partial charge in [0, 0.05) is 10.2 Å². The van der Waals surface area contributed by atoms with Crippen molar-refractivity contribution in [2.24, 2.45) is 5.73 Å². The van der Waals surface area contributed by atoms with E-state index in [0.717, 1.165) is 15.8 Å². The van der Waals surface area contributed by atoms with E-state index in [-0.39, 0.29) is 4.99 Å². The van der Waals surface area contributed by atoms with E-state index >= 15 is 0 Å². The van der Waals surface area contributed by atoms with Gasteiger partial charge in [0.1, 0.15) is 4.99 Å². The molecule has 0 aliphatic heterocycles. The van der Waals surface area contributed by atoms with Crippen LogP contribution in [-0.2, 0) is 0 Å². The Bertz CT molecular complexity index is 647. The fraction of sp³-hybridized carbons (Fsp3) is 0. The third-order valence-electron chi connectivity index (χ3n) is 2.46. The monoisotopic (exact) mass is 374 g/mol. The van der Waals surface area contributed by atoms with Crippen molar-refractivity contribution in [2.75, 3.05) is 5.32 Å². The fourth-order valence-electron chi connectivity index (χ4n) is 1.61. The van der Waals surface area contributed by atoms with Gasteiger partial charge in [-0.1, -0.05) is 41.5 Å². The van der Waals surface area contributed by atoms with Crippen LogP contribution in [0.1, 0.15) is 5.56 Å². The number of hydrogen-bond donors (Lipinski definition) is 2. The number of nitrogens with one attached hydrogen (secondary N) is 1. The fourth-order valence-corrected chi connectivity index (χ4v) is 2.66. The Morgan fingerprint density at radius 3 is 2.53 bits per heavy atom. The zero-order chi connectivity index (χ0) is 14.0. The predicted octanol–water partition coefficient (Wildman–Crippen LogP) is 5.13. The topological polar surface area (TPSA) is 38.0 Å². The second kappa shape index (κ2) is 6.09. The summed E-state index contributed by atoms with van der Waals surface area (Å²) in [5, 5.41) is 4.39. The van der Waals surface area contributed by atoms with E-state index in [4.69, 9.17) is 41.2 Å². The molecule has 0 aliphatic carbocycles. The van der Waals surface area contributed by atoms with Crippen LogP contribution in [0.25, 0.3) is 0 Å². The Labute approximate surface area is 135 Å². The molecule has 2 aromatic carbocycles. The molecule has 0 radical (unpaired) electrons. The molecule has 19 heavy (non-hydrogen) atoms. The lowest BCUT2D eigenvalue weighted by Crippen LogP contribution is -2.12. The van der Waals surface area contributed by atoms with Gasteiger partial charge in [-0.2, -0.15) is 0 Å². The Balaban J connectivity index is 2.40. The molecular formula is C13H9BrCl2N2S. The van der Waals surface area contributed by atoms with Gasteiger partial charge >= 0.3 is 0 Å². The summed E-state index contributed by atoms with van der Waals surface area (Å²) in [6.45, 7) is 0. The van der Waals surface area contributed by atoms with E-state index in [2.05, 4.69) is 21.2 Å². The van der Waals surface area contributed by atoms with Crippen molar-refractivity contribution in [3.63, 3.8) is 0 Å². The van der Waals surface area contributed by atoms with Gasteiger partial charge in [0.05, 0.1) is 21.3 Å². The molecule has 0 amide bonds. The molecular weight excluding hydrogens is 367 g/mol. The van der Waals surface area contributed by atoms with Crippen molar-refractivity contribution in [1.29, 1.82) is 0 Å². The Morgan fingerprint density at radius 1 is 1.16 bits per heavy atom. The first-order chi connectivity index (χ1) is 8.99. The van der Waals surface area contributed by atoms with Gasteiger partial charge in [-0.25, -0.2) is 0 Å². The van der Waals surface area contributed by atoms with Gasteiger partial charge in [-0.3, -0.25) is 0 Å². The highest BCUT2D eigenvalue weighted by atomic mass is 79.9. The molecule has 6 heteroatoms. The highest BCUT2D eigenvalue weighted by Crippen LogP contribution is 2.30. The van der Waals surface area contributed by atoms with Gasteiger partial charge in [0.2, 0.25) is 0 Å². The molecule has 2 rings (SSSR count). The number of hydrogen-bond acceptors (Lipinski definition) is 2. The molecule has 0 aromatic heterocycles. The summed E-state index contributed by atoms with van der Waals surface area (Å²) in [5.41, 5.74) is 7.95. The van der Waals surface area contributed by atoms with E-state index in [1.54, 1.807) is 12.1 Å². The van der Waals surface area contributed by atoms with Gasteiger partial charge in [0.25, 0.3) is 0 Å². The number of thiocarbonyl (C=S) groups is 1. The summed E-state index contributed by atoms with van der Waals surface area (Å²) in [7, 11) is 0. The highest BCUT2D eigenvalue weighted by Gasteiger charge is 2.10. The number of anilines is 2. The summed E-state index contributed by atoms with van der Waals surface area (Å²) in [6, 6.07) is 11.0. The maximum absolute atomic E-state index is 6.11. The summed E-state index contributed by atoms with van der Waals surface area (Å²) in [6.07, 6.45) is 0. The summed E-state index contributed by atoms with van der Waals surface area (Å²) in [5.74, 6) is 0. The van der Waals surface area contributed by atoms with Crippen LogP contribution in [0.15, 0.2) is 40.9 Å². The molecule has 0 atom stereocenters. The molecule has 0 unspecified atom stereocenters. The maximum atomic E-state index is 6.11. The van der Waals surface area contributed by atoms with Crippen molar-refractivity contribution in [2.45, 2.75) is 0 Å². The molecule has 0 saturated carbocycles. The van der Waals surface area contributed by atoms with E-state index in [9.17, 15) is 0 Å². The first-order valence-corrected chi connectivity index (χ1v) is 7.25. The second-order valence-corrected chi connectivity index (χ2v) is 5.89. The number of benzene rings is 2. The van der Waals surface area contributed by atoms with Crippen LogP contribution in [0.3, 0.4) is 0 Å². The smallest absolute Gasteiger partial charge is 0.107 e. The quantitative estimate of drug-likeness (QED) is 0.730. The van der Waals surface area contributed by atoms with E-state index in [1.165, 1.54) is 0 Å².